The Kier molecular flexibility index (Phi) is 5.63. The number of anilines is 1. The number of nitrogens with one attached hydrogen (secondary N) is 1. The molecule has 128 valence electrons. The highest BCUT2D eigenvalue weighted by molar-refractivity contribution is 8.00. The van der Waals surface area contributed by atoms with Gasteiger partial charge in [-0.1, -0.05) is 53.2 Å². The Morgan fingerprint density at radius 1 is 1.16 bits per heavy atom. The number of carbonyl (C=O) groups excluding carboxylic acids is 1. The summed E-state index contributed by atoms with van der Waals surface area (Å²) in [6.07, 6.45) is 0. The fourth-order valence-corrected chi connectivity index (χ4v) is 3.01. The number of amides is 1. The van der Waals surface area contributed by atoms with Crippen LogP contribution in [-0.2, 0) is 4.79 Å². The summed E-state index contributed by atoms with van der Waals surface area (Å²) in [4.78, 5) is 12.3. The van der Waals surface area contributed by atoms with Crippen LogP contribution < -0.4 is 5.32 Å². The fraction of sp³-hybridized carbons (Fsp3) is 0.118. The number of benzene rings is 2. The van der Waals surface area contributed by atoms with E-state index in [1.807, 2.05) is 30.3 Å². The van der Waals surface area contributed by atoms with Gasteiger partial charge in [-0.3, -0.25) is 4.79 Å². The first-order valence-electron chi connectivity index (χ1n) is 7.34. The van der Waals surface area contributed by atoms with Gasteiger partial charge in [0.1, 0.15) is 0 Å². The summed E-state index contributed by atoms with van der Waals surface area (Å²) < 4.78 is 5.60. The lowest BCUT2D eigenvalue weighted by Gasteiger charge is -2.11. The van der Waals surface area contributed by atoms with Crippen molar-refractivity contribution < 1.29 is 9.21 Å². The van der Waals surface area contributed by atoms with E-state index in [0.29, 0.717) is 26.8 Å². The summed E-state index contributed by atoms with van der Waals surface area (Å²) in [5.74, 6) is 0.169. The first-order valence-corrected chi connectivity index (χ1v) is 8.98. The molecule has 2 aromatic carbocycles. The minimum Gasteiger partial charge on any atom is -0.411 e. The van der Waals surface area contributed by atoms with Crippen LogP contribution in [-0.4, -0.2) is 21.4 Å². The van der Waals surface area contributed by atoms with Gasteiger partial charge in [0.15, 0.2) is 0 Å². The largest absolute Gasteiger partial charge is 0.411 e. The average Bonchev–Trinajstić information content (AvgIpc) is 3.07. The van der Waals surface area contributed by atoms with Gasteiger partial charge in [-0.25, -0.2) is 0 Å². The van der Waals surface area contributed by atoms with Gasteiger partial charge < -0.3 is 9.73 Å². The smallest absolute Gasteiger partial charge is 0.277 e. The summed E-state index contributed by atoms with van der Waals surface area (Å²) in [6.45, 7) is 1.74. The summed E-state index contributed by atoms with van der Waals surface area (Å²) in [5, 5.41) is 11.5. The summed E-state index contributed by atoms with van der Waals surface area (Å²) in [5.41, 5.74) is 1.28. The van der Waals surface area contributed by atoms with Crippen molar-refractivity contribution in [3.63, 3.8) is 0 Å². The molecular formula is C17H13Cl2N3O2S. The normalized spacial score (nSPS) is 12.0. The van der Waals surface area contributed by atoms with E-state index in [1.54, 1.807) is 25.1 Å². The van der Waals surface area contributed by atoms with Crippen LogP contribution in [0, 0.1) is 0 Å². The Bertz CT molecular complexity index is 887. The van der Waals surface area contributed by atoms with Crippen LogP contribution in [0.4, 0.5) is 5.69 Å². The molecule has 0 fully saturated rings. The van der Waals surface area contributed by atoms with E-state index < -0.39 is 5.25 Å². The Morgan fingerprint density at radius 3 is 2.68 bits per heavy atom. The molecule has 0 saturated heterocycles. The van der Waals surface area contributed by atoms with Gasteiger partial charge in [-0.15, -0.1) is 10.2 Å². The highest BCUT2D eigenvalue weighted by Crippen LogP contribution is 2.29. The van der Waals surface area contributed by atoms with Gasteiger partial charge in [0.2, 0.25) is 11.8 Å². The highest BCUT2D eigenvalue weighted by atomic mass is 35.5. The standard InChI is InChI=1S/C17H13Cl2N3O2S/c1-10(15(23)20-14-9-12(18)7-8-13(14)19)25-17-22-21-16(24-17)11-5-3-2-4-6-11/h2-10H,1H3,(H,20,23)/t10-/m0/s1. The number of thioether (sulfide) groups is 1. The molecule has 5 nitrogen and oxygen atoms in total. The molecule has 1 N–H and O–H groups in total. The van der Waals surface area contributed by atoms with Crippen LogP contribution in [0.5, 0.6) is 0 Å². The first-order chi connectivity index (χ1) is 12.0. The SMILES string of the molecule is C[C@H](Sc1nnc(-c2ccccc2)o1)C(=O)Nc1cc(Cl)ccc1Cl. The highest BCUT2D eigenvalue weighted by Gasteiger charge is 2.19. The van der Waals surface area contributed by atoms with Crippen molar-refractivity contribution >= 4 is 46.6 Å². The molecule has 0 aliphatic carbocycles. The number of halogens is 2. The minimum absolute atomic E-state index is 0.242. The zero-order valence-electron chi connectivity index (χ0n) is 13.1. The van der Waals surface area contributed by atoms with E-state index in [-0.39, 0.29) is 5.91 Å². The maximum absolute atomic E-state index is 12.3. The fourth-order valence-electron chi connectivity index (χ4n) is 1.99. The summed E-state index contributed by atoms with van der Waals surface area (Å²) in [6, 6.07) is 14.3. The van der Waals surface area contributed by atoms with Crippen molar-refractivity contribution in [2.24, 2.45) is 0 Å². The van der Waals surface area contributed by atoms with Gasteiger partial charge in [-0.05, 0) is 37.3 Å². The van der Waals surface area contributed by atoms with Crippen LogP contribution in [0.1, 0.15) is 6.92 Å². The second kappa shape index (κ2) is 7.91. The van der Waals surface area contributed by atoms with Crippen molar-refractivity contribution in [1.82, 2.24) is 10.2 Å². The van der Waals surface area contributed by atoms with Crippen molar-refractivity contribution in [2.45, 2.75) is 17.4 Å². The lowest BCUT2D eigenvalue weighted by molar-refractivity contribution is -0.115. The number of rotatable bonds is 5. The second-order valence-electron chi connectivity index (χ2n) is 5.11. The maximum Gasteiger partial charge on any atom is 0.277 e. The quantitative estimate of drug-likeness (QED) is 0.606. The first kappa shape index (κ1) is 17.8. The number of nitrogens with zero attached hydrogens (tertiary/aromatic N) is 2. The molecule has 25 heavy (non-hydrogen) atoms. The van der Waals surface area contributed by atoms with Crippen LogP contribution in [0.15, 0.2) is 58.2 Å². The Hall–Kier alpha value is -2.02. The van der Waals surface area contributed by atoms with Gasteiger partial charge in [-0.2, -0.15) is 0 Å². The van der Waals surface area contributed by atoms with E-state index in [0.717, 1.165) is 5.56 Å². The van der Waals surface area contributed by atoms with Crippen LogP contribution in [0.3, 0.4) is 0 Å². The molecule has 0 aliphatic rings. The third-order valence-electron chi connectivity index (χ3n) is 3.26. The molecule has 0 unspecified atom stereocenters. The topological polar surface area (TPSA) is 68.0 Å². The van der Waals surface area contributed by atoms with E-state index in [4.69, 9.17) is 27.6 Å². The van der Waals surface area contributed by atoms with E-state index in [9.17, 15) is 4.79 Å². The Labute approximate surface area is 158 Å². The molecule has 3 rings (SSSR count). The van der Waals surface area contributed by atoms with Crippen LogP contribution >= 0.6 is 35.0 Å². The predicted octanol–water partition coefficient (Wildman–Crippen LogP) is 5.16. The number of hydrogen-bond acceptors (Lipinski definition) is 5. The lowest BCUT2D eigenvalue weighted by Crippen LogP contribution is -2.22. The van der Waals surface area contributed by atoms with Gasteiger partial charge in [0.05, 0.1) is 16.0 Å². The Morgan fingerprint density at radius 2 is 1.92 bits per heavy atom. The predicted molar refractivity (Wildman–Crippen MR) is 100 cm³/mol. The number of carbonyl (C=O) groups is 1. The molecule has 0 radical (unpaired) electrons. The van der Waals surface area contributed by atoms with Gasteiger partial charge in [0.25, 0.3) is 5.22 Å². The van der Waals surface area contributed by atoms with Crippen LogP contribution in [0.2, 0.25) is 10.0 Å². The zero-order valence-corrected chi connectivity index (χ0v) is 15.4. The van der Waals surface area contributed by atoms with Crippen molar-refractivity contribution in [3.8, 4) is 11.5 Å². The number of hydrogen-bond donors (Lipinski definition) is 1. The third-order valence-corrected chi connectivity index (χ3v) is 4.76. The molecule has 0 saturated carbocycles. The molecule has 1 aromatic heterocycles. The van der Waals surface area contributed by atoms with Crippen molar-refractivity contribution in [2.75, 3.05) is 5.32 Å². The van der Waals surface area contributed by atoms with E-state index >= 15 is 0 Å². The molecule has 1 heterocycles. The molecule has 0 bridgehead atoms. The third kappa shape index (κ3) is 4.54. The maximum atomic E-state index is 12.3. The molecular weight excluding hydrogens is 381 g/mol. The minimum atomic E-state index is -0.459. The second-order valence-corrected chi connectivity index (χ2v) is 7.25. The molecule has 8 heteroatoms. The van der Waals surface area contributed by atoms with Gasteiger partial charge in [0, 0.05) is 10.6 Å². The van der Waals surface area contributed by atoms with Crippen molar-refractivity contribution in [3.05, 3.63) is 58.6 Å². The molecule has 3 aromatic rings. The monoisotopic (exact) mass is 393 g/mol. The molecule has 1 atom stereocenters. The van der Waals surface area contributed by atoms with Crippen LogP contribution in [0.25, 0.3) is 11.5 Å². The van der Waals surface area contributed by atoms with Gasteiger partial charge >= 0.3 is 0 Å². The molecule has 0 spiro atoms. The summed E-state index contributed by atoms with van der Waals surface area (Å²) >= 11 is 13.1. The average molecular weight is 394 g/mol. The molecule has 0 aliphatic heterocycles. The van der Waals surface area contributed by atoms with E-state index in [1.165, 1.54) is 11.8 Å². The zero-order chi connectivity index (χ0) is 17.8. The van der Waals surface area contributed by atoms with E-state index in [2.05, 4.69) is 15.5 Å². The Balaban J connectivity index is 1.66. The lowest BCUT2D eigenvalue weighted by atomic mass is 10.2. The number of aromatic nitrogens is 2. The molecule has 1 amide bonds. The van der Waals surface area contributed by atoms with Crippen molar-refractivity contribution in [1.29, 1.82) is 0 Å². The summed E-state index contributed by atoms with van der Waals surface area (Å²) in [7, 11) is 0.